The molecular weight excluding hydrogens is 326 g/mol. The molecule has 0 fully saturated rings. The van der Waals surface area contributed by atoms with Crippen molar-refractivity contribution in [1.82, 2.24) is 5.32 Å². The fourth-order valence-electron chi connectivity index (χ4n) is 2.37. The van der Waals surface area contributed by atoms with Gasteiger partial charge in [0, 0.05) is 10.5 Å². The summed E-state index contributed by atoms with van der Waals surface area (Å²) >= 11 is 3.58. The summed E-state index contributed by atoms with van der Waals surface area (Å²) in [6.07, 6.45) is 0. The molecule has 2 nitrogen and oxygen atoms in total. The van der Waals surface area contributed by atoms with E-state index < -0.39 is 0 Å². The average molecular weight is 348 g/mol. The maximum Gasteiger partial charge on any atom is 0.128 e. The van der Waals surface area contributed by atoms with Gasteiger partial charge >= 0.3 is 0 Å². The minimum atomic E-state index is 0.326. The van der Waals surface area contributed by atoms with Gasteiger partial charge in [0.05, 0.1) is 0 Å². The van der Waals surface area contributed by atoms with Crippen LogP contribution in [0.3, 0.4) is 0 Å². The summed E-state index contributed by atoms with van der Waals surface area (Å²) in [7, 11) is 0. The molecule has 2 rings (SSSR count). The lowest BCUT2D eigenvalue weighted by atomic mass is 10.1. The summed E-state index contributed by atoms with van der Waals surface area (Å²) in [4.78, 5) is 0. The van der Waals surface area contributed by atoms with Crippen LogP contribution in [0.15, 0.2) is 40.9 Å². The van der Waals surface area contributed by atoms with Crippen molar-refractivity contribution in [2.24, 2.45) is 0 Å². The first kappa shape index (κ1) is 16.1. The van der Waals surface area contributed by atoms with Crippen molar-refractivity contribution < 1.29 is 4.74 Å². The predicted molar refractivity (Wildman–Crippen MR) is 92.2 cm³/mol. The minimum Gasteiger partial charge on any atom is -0.457 e. The second-order valence-corrected chi connectivity index (χ2v) is 6.12. The molecule has 0 aliphatic carbocycles. The van der Waals surface area contributed by atoms with Crippen LogP contribution >= 0.6 is 15.9 Å². The molecule has 0 bridgehead atoms. The van der Waals surface area contributed by atoms with Gasteiger partial charge < -0.3 is 10.1 Å². The second kappa shape index (κ2) is 7.10. The van der Waals surface area contributed by atoms with Crippen LogP contribution in [0.5, 0.6) is 11.5 Å². The fourth-order valence-corrected chi connectivity index (χ4v) is 2.60. The predicted octanol–water partition coefficient (Wildman–Crippen LogP) is 5.53. The summed E-state index contributed by atoms with van der Waals surface area (Å²) in [6, 6.07) is 12.7. The topological polar surface area (TPSA) is 21.3 Å². The van der Waals surface area contributed by atoms with Gasteiger partial charge in [0.2, 0.25) is 0 Å². The number of halogens is 1. The Morgan fingerprint density at radius 2 is 1.76 bits per heavy atom. The largest absolute Gasteiger partial charge is 0.457 e. The first-order chi connectivity index (χ1) is 10.0. The van der Waals surface area contributed by atoms with Crippen LogP contribution in [-0.4, -0.2) is 6.54 Å². The van der Waals surface area contributed by atoms with E-state index in [9.17, 15) is 0 Å². The molecule has 0 saturated carbocycles. The van der Waals surface area contributed by atoms with Gasteiger partial charge in [-0.15, -0.1) is 0 Å². The second-order valence-electron chi connectivity index (χ2n) is 5.32. The highest BCUT2D eigenvalue weighted by Gasteiger charge is 2.07. The monoisotopic (exact) mass is 347 g/mol. The summed E-state index contributed by atoms with van der Waals surface area (Å²) in [5.41, 5.74) is 3.60. The Bertz CT molecular complexity index is 601. The lowest BCUT2D eigenvalue weighted by molar-refractivity contribution is 0.479. The lowest BCUT2D eigenvalue weighted by Gasteiger charge is -2.15. The molecule has 0 spiro atoms. The molecule has 0 aliphatic heterocycles. The number of ether oxygens (including phenoxy) is 1. The van der Waals surface area contributed by atoms with Gasteiger partial charge in [-0.3, -0.25) is 0 Å². The molecule has 2 aromatic rings. The van der Waals surface area contributed by atoms with E-state index in [0.717, 1.165) is 22.5 Å². The molecule has 0 aromatic heterocycles. The summed E-state index contributed by atoms with van der Waals surface area (Å²) in [5, 5.41) is 3.42. The number of hydrogen-bond donors (Lipinski definition) is 1. The van der Waals surface area contributed by atoms with Crippen molar-refractivity contribution in [3.8, 4) is 11.5 Å². The third-order valence-corrected chi connectivity index (χ3v) is 4.76. The highest BCUT2D eigenvalue weighted by atomic mass is 79.9. The Kier molecular flexibility index (Phi) is 5.43. The van der Waals surface area contributed by atoms with Crippen LogP contribution < -0.4 is 10.1 Å². The molecule has 0 saturated heterocycles. The Balaban J connectivity index is 2.22. The molecule has 1 N–H and O–H groups in total. The quantitative estimate of drug-likeness (QED) is 0.767. The van der Waals surface area contributed by atoms with Crippen molar-refractivity contribution in [2.45, 2.75) is 33.7 Å². The van der Waals surface area contributed by atoms with Crippen LogP contribution in [-0.2, 0) is 0 Å². The maximum absolute atomic E-state index is 6.02. The van der Waals surface area contributed by atoms with Gasteiger partial charge in [-0.1, -0.05) is 35.0 Å². The smallest absolute Gasteiger partial charge is 0.128 e. The van der Waals surface area contributed by atoms with Gasteiger partial charge in [-0.05, 0) is 68.3 Å². The van der Waals surface area contributed by atoms with E-state index in [0.29, 0.717) is 6.04 Å². The zero-order valence-corrected chi connectivity index (χ0v) is 14.6. The number of aryl methyl sites for hydroxylation is 2. The van der Waals surface area contributed by atoms with Gasteiger partial charge in [0.1, 0.15) is 11.5 Å². The number of hydrogen-bond acceptors (Lipinski definition) is 2. The van der Waals surface area contributed by atoms with Crippen LogP contribution in [0.4, 0.5) is 0 Å². The van der Waals surface area contributed by atoms with Crippen molar-refractivity contribution >= 4 is 15.9 Å². The highest BCUT2D eigenvalue weighted by molar-refractivity contribution is 9.10. The van der Waals surface area contributed by atoms with E-state index >= 15 is 0 Å². The van der Waals surface area contributed by atoms with Crippen molar-refractivity contribution in [3.63, 3.8) is 0 Å². The van der Waals surface area contributed by atoms with Crippen molar-refractivity contribution in [3.05, 3.63) is 57.6 Å². The molecule has 0 aliphatic rings. The Labute approximate surface area is 135 Å². The zero-order valence-electron chi connectivity index (χ0n) is 13.0. The summed E-state index contributed by atoms with van der Waals surface area (Å²) in [5.74, 6) is 1.75. The number of nitrogens with one attached hydrogen (secondary N) is 1. The van der Waals surface area contributed by atoms with Crippen LogP contribution in [0.2, 0.25) is 0 Å². The Morgan fingerprint density at radius 1 is 1.10 bits per heavy atom. The molecule has 21 heavy (non-hydrogen) atoms. The van der Waals surface area contributed by atoms with Crippen molar-refractivity contribution in [1.29, 1.82) is 0 Å². The fraction of sp³-hybridized carbons (Fsp3) is 0.333. The average Bonchev–Trinajstić information content (AvgIpc) is 2.45. The van der Waals surface area contributed by atoms with Crippen molar-refractivity contribution in [2.75, 3.05) is 6.54 Å². The zero-order chi connectivity index (χ0) is 15.4. The van der Waals surface area contributed by atoms with E-state index in [1.54, 1.807) is 0 Å². The van der Waals surface area contributed by atoms with E-state index in [1.807, 2.05) is 12.1 Å². The maximum atomic E-state index is 6.02. The van der Waals surface area contributed by atoms with Crippen LogP contribution in [0, 0.1) is 13.8 Å². The SMILES string of the molecule is CCNC(C)c1cccc(Oc2cc(C)c(Br)c(C)c2)c1. The lowest BCUT2D eigenvalue weighted by Crippen LogP contribution is -2.17. The number of benzene rings is 2. The molecule has 2 aromatic carbocycles. The standard InChI is InChI=1S/C18H22BrNO/c1-5-20-14(4)15-7-6-8-16(11-15)21-17-9-12(2)18(19)13(3)10-17/h6-11,14,20H,5H2,1-4H3. The molecule has 1 unspecified atom stereocenters. The van der Waals surface area contributed by atoms with Gasteiger partial charge in [-0.25, -0.2) is 0 Å². The van der Waals surface area contributed by atoms with E-state index in [-0.39, 0.29) is 0 Å². The normalized spacial score (nSPS) is 12.2. The first-order valence-corrected chi connectivity index (χ1v) is 8.08. The van der Waals surface area contributed by atoms with Crippen LogP contribution in [0.25, 0.3) is 0 Å². The van der Waals surface area contributed by atoms with Gasteiger partial charge in [0.15, 0.2) is 0 Å². The highest BCUT2D eigenvalue weighted by Crippen LogP contribution is 2.30. The van der Waals surface area contributed by atoms with Gasteiger partial charge in [-0.2, -0.15) is 0 Å². The number of rotatable bonds is 5. The minimum absolute atomic E-state index is 0.326. The third-order valence-electron chi connectivity index (χ3n) is 3.51. The molecular formula is C18H22BrNO. The molecule has 1 atom stereocenters. The molecule has 112 valence electrons. The van der Waals surface area contributed by atoms with E-state index in [4.69, 9.17) is 4.74 Å². The summed E-state index contributed by atoms with van der Waals surface area (Å²) in [6.45, 7) is 9.39. The molecule has 0 amide bonds. The third kappa shape index (κ3) is 4.08. The van der Waals surface area contributed by atoms with Crippen LogP contribution in [0.1, 0.15) is 36.6 Å². The van der Waals surface area contributed by atoms with E-state index in [1.165, 1.54) is 16.7 Å². The molecule has 0 heterocycles. The van der Waals surface area contributed by atoms with Gasteiger partial charge in [0.25, 0.3) is 0 Å². The summed E-state index contributed by atoms with van der Waals surface area (Å²) < 4.78 is 7.16. The first-order valence-electron chi connectivity index (χ1n) is 7.29. The molecule has 3 heteroatoms. The Hall–Kier alpha value is -1.32. The van der Waals surface area contributed by atoms with E-state index in [2.05, 4.69) is 73.2 Å². The molecule has 0 radical (unpaired) electrons. The Morgan fingerprint density at radius 3 is 2.38 bits per heavy atom.